The van der Waals surface area contributed by atoms with E-state index in [1.165, 1.54) is 6.42 Å². The number of hydrogen-bond donors (Lipinski definition) is 0. The van der Waals surface area contributed by atoms with Crippen LogP contribution in [0.15, 0.2) is 0 Å². The lowest BCUT2D eigenvalue weighted by atomic mass is 10.3. The summed E-state index contributed by atoms with van der Waals surface area (Å²) in [5, 5.41) is 0. The number of rotatable bonds is 0. The maximum Gasteiger partial charge on any atom is 1.00 e. The van der Waals surface area contributed by atoms with Gasteiger partial charge in [0.1, 0.15) is 0 Å². The van der Waals surface area contributed by atoms with Gasteiger partial charge in [-0.2, -0.15) is 0 Å². The molecular weight excluding hydrogens is 88.1 g/mol. The lowest BCUT2D eigenvalue weighted by Gasteiger charge is -2.04. The van der Waals surface area contributed by atoms with Gasteiger partial charge < -0.3 is 0 Å². The molecule has 1 rings (SSSR count). The Kier molecular flexibility index (Phi) is 1.75. The molecule has 6 heavy (non-hydrogen) atoms. The highest BCUT2D eigenvalue weighted by atomic mass is 28.2. The maximum absolute atomic E-state index is 1.64. The lowest BCUT2D eigenvalue weighted by Crippen LogP contribution is -1.94. The van der Waals surface area contributed by atoms with Gasteiger partial charge in [0.05, 0.1) is 0 Å². The Balaban J connectivity index is 0.000000360. The molecule has 0 spiro atoms. The molecule has 0 saturated carbocycles. The molecular formula is C5H13Si+. The molecule has 0 nitrogen and oxygen atoms in total. The summed E-state index contributed by atoms with van der Waals surface area (Å²) in [6, 6.07) is 3.28. The third kappa shape index (κ3) is 1.13. The van der Waals surface area contributed by atoms with Crippen LogP contribution in [0.3, 0.4) is 0 Å². The normalized spacial score (nSPS) is 24.0. The maximum atomic E-state index is 1.64. The van der Waals surface area contributed by atoms with Crippen LogP contribution in [0.25, 0.3) is 0 Å². The van der Waals surface area contributed by atoms with Gasteiger partial charge in [-0.15, -0.1) is 0 Å². The first-order valence-corrected chi connectivity index (χ1v) is 5.00. The van der Waals surface area contributed by atoms with E-state index in [1.54, 1.807) is 24.9 Å². The van der Waals surface area contributed by atoms with Gasteiger partial charge >= 0.3 is 1.43 Å². The molecule has 1 aliphatic rings. The van der Waals surface area contributed by atoms with E-state index >= 15 is 0 Å². The fourth-order valence-corrected chi connectivity index (χ4v) is 2.83. The van der Waals surface area contributed by atoms with Crippen LogP contribution in [0.5, 0.6) is 0 Å². The highest BCUT2D eigenvalue weighted by molar-refractivity contribution is 6.35. The molecule has 0 aliphatic carbocycles. The Morgan fingerprint density at radius 2 is 1.67 bits per heavy atom. The van der Waals surface area contributed by atoms with E-state index in [1.807, 2.05) is 0 Å². The molecule has 1 heterocycles. The molecule has 0 amide bonds. The van der Waals surface area contributed by atoms with Crippen LogP contribution in [0, 0.1) is 0 Å². The van der Waals surface area contributed by atoms with Gasteiger partial charge in [0.15, 0.2) is 0 Å². The van der Waals surface area contributed by atoms with Gasteiger partial charge in [-0.3, -0.25) is 0 Å². The fourth-order valence-electron chi connectivity index (χ4n) is 1.06. The highest BCUT2D eigenvalue weighted by Gasteiger charge is 1.96. The smallest absolute Gasteiger partial charge is 0.0628 e. The summed E-state index contributed by atoms with van der Waals surface area (Å²) < 4.78 is 0. The minimum absolute atomic E-state index is 0. The second-order valence-electron chi connectivity index (χ2n) is 2.12. The second kappa shape index (κ2) is 2.40. The lowest BCUT2D eigenvalue weighted by molar-refractivity contribution is 0.734. The van der Waals surface area contributed by atoms with E-state index in [9.17, 15) is 0 Å². The van der Waals surface area contributed by atoms with Crippen molar-refractivity contribution < 1.29 is 1.43 Å². The van der Waals surface area contributed by atoms with Gasteiger partial charge in [0.25, 0.3) is 0 Å². The zero-order valence-electron chi connectivity index (χ0n) is 5.24. The highest BCUT2D eigenvalue weighted by Crippen LogP contribution is 2.10. The van der Waals surface area contributed by atoms with Gasteiger partial charge in [-0.25, -0.2) is 0 Å². The molecule has 1 aliphatic heterocycles. The fraction of sp³-hybridized carbons (Fsp3) is 1.00. The summed E-state index contributed by atoms with van der Waals surface area (Å²) in [6.45, 7) is 0. The molecule has 1 fully saturated rings. The van der Waals surface area contributed by atoms with Crippen molar-refractivity contribution in [1.29, 1.82) is 0 Å². The predicted molar refractivity (Wildman–Crippen MR) is 33.1 cm³/mol. The van der Waals surface area contributed by atoms with Crippen LogP contribution in [0.1, 0.15) is 20.7 Å². The summed E-state index contributed by atoms with van der Waals surface area (Å²) in [7, 11) is 0.508. The summed E-state index contributed by atoms with van der Waals surface area (Å²) in [6.07, 6.45) is 4.66. The molecule has 0 radical (unpaired) electrons. The monoisotopic (exact) mass is 101 g/mol. The van der Waals surface area contributed by atoms with E-state index in [-0.39, 0.29) is 1.43 Å². The van der Waals surface area contributed by atoms with Crippen LogP contribution in [-0.2, 0) is 0 Å². The Labute approximate surface area is 43.3 Å². The molecule has 0 atom stereocenters. The molecule has 0 aromatic rings. The van der Waals surface area contributed by atoms with E-state index in [4.69, 9.17) is 0 Å². The Morgan fingerprint density at radius 3 is 1.83 bits per heavy atom. The molecule has 0 N–H and O–H groups in total. The van der Waals surface area contributed by atoms with Crippen molar-refractivity contribution in [2.45, 2.75) is 31.4 Å². The molecule has 0 bridgehead atoms. The van der Waals surface area contributed by atoms with Crippen molar-refractivity contribution in [3.05, 3.63) is 0 Å². The Morgan fingerprint density at radius 1 is 1.00 bits per heavy atom. The topological polar surface area (TPSA) is 0 Å². The van der Waals surface area contributed by atoms with Crippen molar-refractivity contribution in [3.8, 4) is 0 Å². The van der Waals surface area contributed by atoms with Gasteiger partial charge in [0.2, 0.25) is 0 Å². The molecule has 0 unspecified atom stereocenters. The largest absolute Gasteiger partial charge is 1.00 e. The minimum Gasteiger partial charge on any atom is -0.0628 e. The van der Waals surface area contributed by atoms with Crippen LogP contribution in [-0.4, -0.2) is 9.52 Å². The molecule has 36 valence electrons. The van der Waals surface area contributed by atoms with Crippen LogP contribution >= 0.6 is 0 Å². The van der Waals surface area contributed by atoms with Crippen LogP contribution in [0.4, 0.5) is 0 Å². The minimum atomic E-state index is 0. The summed E-state index contributed by atoms with van der Waals surface area (Å²) in [5.74, 6) is 0. The average molecular weight is 101 g/mol. The first-order chi connectivity index (χ1) is 3.00. The third-order valence-electron chi connectivity index (χ3n) is 1.50. The zero-order chi connectivity index (χ0) is 4.24. The van der Waals surface area contributed by atoms with Crippen molar-refractivity contribution in [1.82, 2.24) is 0 Å². The quantitative estimate of drug-likeness (QED) is 0.403. The van der Waals surface area contributed by atoms with Crippen molar-refractivity contribution >= 4 is 9.52 Å². The standard InChI is InChI=1S/C5H12Si/c1-2-4-6-5-3-1/h1-6H2/p+1. The SMILES string of the molecule is C1CC[SiH2]CC1.[H+]. The third-order valence-corrected chi connectivity index (χ3v) is 3.50. The average Bonchev–Trinajstić information content (AvgIpc) is 1.72. The van der Waals surface area contributed by atoms with Crippen molar-refractivity contribution in [2.75, 3.05) is 0 Å². The van der Waals surface area contributed by atoms with E-state index in [0.717, 1.165) is 0 Å². The Hall–Kier alpha value is 0.217. The summed E-state index contributed by atoms with van der Waals surface area (Å²) in [4.78, 5) is 0. The number of hydrogen-bond acceptors (Lipinski definition) is 0. The second-order valence-corrected chi connectivity index (χ2v) is 4.24. The van der Waals surface area contributed by atoms with Gasteiger partial charge in [-0.1, -0.05) is 31.4 Å². The van der Waals surface area contributed by atoms with E-state index in [0.29, 0.717) is 9.52 Å². The molecule has 0 aromatic heterocycles. The van der Waals surface area contributed by atoms with E-state index in [2.05, 4.69) is 0 Å². The van der Waals surface area contributed by atoms with Crippen molar-refractivity contribution in [2.24, 2.45) is 0 Å². The van der Waals surface area contributed by atoms with Crippen LogP contribution < -0.4 is 0 Å². The molecule has 1 saturated heterocycles. The first-order valence-electron chi connectivity index (χ1n) is 3.00. The summed E-state index contributed by atoms with van der Waals surface area (Å²) in [5.41, 5.74) is 0. The predicted octanol–water partition coefficient (Wildman–Crippen LogP) is 1.29. The Bertz CT molecular complexity index is 23.6. The van der Waals surface area contributed by atoms with Crippen molar-refractivity contribution in [3.63, 3.8) is 0 Å². The summed E-state index contributed by atoms with van der Waals surface area (Å²) >= 11 is 0. The van der Waals surface area contributed by atoms with Crippen LogP contribution in [0.2, 0.25) is 12.1 Å². The van der Waals surface area contributed by atoms with Gasteiger partial charge in [-0.05, 0) is 0 Å². The first kappa shape index (κ1) is 4.38. The van der Waals surface area contributed by atoms with E-state index < -0.39 is 0 Å². The molecule has 0 aromatic carbocycles. The zero-order valence-corrected chi connectivity index (χ0v) is 5.66. The molecule has 1 heteroatoms. The van der Waals surface area contributed by atoms with Gasteiger partial charge in [0, 0.05) is 9.52 Å².